The van der Waals surface area contributed by atoms with Gasteiger partial charge >= 0.3 is 0 Å². The van der Waals surface area contributed by atoms with Gasteiger partial charge in [0.2, 0.25) is 5.88 Å². The number of rotatable bonds is 5. The molecule has 0 spiro atoms. The van der Waals surface area contributed by atoms with E-state index in [1.54, 1.807) is 43.7 Å². The van der Waals surface area contributed by atoms with Gasteiger partial charge in [0.25, 0.3) is 0 Å². The molecule has 148 valence electrons. The lowest BCUT2D eigenvalue weighted by Crippen LogP contribution is -2.01. The van der Waals surface area contributed by atoms with Crippen molar-refractivity contribution in [2.75, 3.05) is 0 Å². The van der Waals surface area contributed by atoms with Crippen molar-refractivity contribution in [2.24, 2.45) is 12.8 Å². The van der Waals surface area contributed by atoms with Crippen LogP contribution in [0.15, 0.2) is 55.0 Å². The van der Waals surface area contributed by atoms with Crippen molar-refractivity contribution in [2.45, 2.75) is 6.54 Å². The highest BCUT2D eigenvalue weighted by molar-refractivity contribution is 5.66. The molecule has 0 bridgehead atoms. The Bertz CT molecular complexity index is 1230. The fraction of sp³-hybridized carbons (Fsp3) is 0.0952. The summed E-state index contributed by atoms with van der Waals surface area (Å²) in [5, 5.41) is 13.7. The minimum Gasteiger partial charge on any atom is -0.438 e. The van der Waals surface area contributed by atoms with Gasteiger partial charge in [-0.05, 0) is 30.3 Å². The maximum atomic E-state index is 13.1. The van der Waals surface area contributed by atoms with Gasteiger partial charge in [-0.3, -0.25) is 4.98 Å². The largest absolute Gasteiger partial charge is 0.438 e. The smallest absolute Gasteiger partial charge is 0.218 e. The van der Waals surface area contributed by atoms with Crippen LogP contribution in [-0.4, -0.2) is 24.7 Å². The van der Waals surface area contributed by atoms with Crippen molar-refractivity contribution < 1.29 is 9.13 Å². The molecule has 2 N–H and O–H groups in total. The van der Waals surface area contributed by atoms with E-state index in [0.29, 0.717) is 46.5 Å². The van der Waals surface area contributed by atoms with Gasteiger partial charge in [-0.25, -0.2) is 19.0 Å². The summed E-state index contributed by atoms with van der Waals surface area (Å²) in [4.78, 5) is 12.7. The van der Waals surface area contributed by atoms with Gasteiger partial charge in [-0.2, -0.15) is 10.4 Å². The van der Waals surface area contributed by atoms with Crippen molar-refractivity contribution in [3.8, 4) is 40.5 Å². The Morgan fingerprint density at radius 1 is 1.07 bits per heavy atom. The molecule has 1 aromatic carbocycles. The van der Waals surface area contributed by atoms with Gasteiger partial charge in [-0.15, -0.1) is 0 Å². The second-order valence-corrected chi connectivity index (χ2v) is 6.40. The summed E-state index contributed by atoms with van der Waals surface area (Å²) in [6, 6.07) is 11.6. The molecule has 0 saturated heterocycles. The molecule has 0 atom stereocenters. The first kappa shape index (κ1) is 19.2. The molecule has 8 nitrogen and oxygen atoms in total. The minimum atomic E-state index is -0.426. The third kappa shape index (κ3) is 3.85. The Morgan fingerprint density at radius 3 is 2.53 bits per heavy atom. The maximum absolute atomic E-state index is 13.1. The molecule has 0 radical (unpaired) electrons. The van der Waals surface area contributed by atoms with Crippen LogP contribution in [0.1, 0.15) is 11.1 Å². The van der Waals surface area contributed by atoms with Crippen molar-refractivity contribution in [3.63, 3.8) is 0 Å². The van der Waals surface area contributed by atoms with Gasteiger partial charge in [0.1, 0.15) is 17.3 Å². The van der Waals surface area contributed by atoms with Crippen LogP contribution in [-0.2, 0) is 13.6 Å². The van der Waals surface area contributed by atoms with Gasteiger partial charge in [0.15, 0.2) is 5.82 Å². The first-order valence-electron chi connectivity index (χ1n) is 8.96. The number of nitrogens with zero attached hydrogens (tertiary/aromatic N) is 6. The SMILES string of the molecule is Cn1nc(-c2ccc(F)cn2)cc1Oc1cc(C#N)ccc1-c1ncc(CN)cn1. The summed E-state index contributed by atoms with van der Waals surface area (Å²) in [7, 11) is 1.71. The molecule has 0 aliphatic heterocycles. The fourth-order valence-corrected chi connectivity index (χ4v) is 2.77. The molecule has 4 aromatic rings. The monoisotopic (exact) mass is 401 g/mol. The fourth-order valence-electron chi connectivity index (χ4n) is 2.77. The first-order valence-corrected chi connectivity index (χ1v) is 8.96. The van der Waals surface area contributed by atoms with E-state index in [9.17, 15) is 9.65 Å². The lowest BCUT2D eigenvalue weighted by atomic mass is 10.1. The van der Waals surface area contributed by atoms with E-state index in [4.69, 9.17) is 10.5 Å². The quantitative estimate of drug-likeness (QED) is 0.546. The predicted octanol–water partition coefficient (Wildman–Crippen LogP) is 3.20. The van der Waals surface area contributed by atoms with E-state index < -0.39 is 5.82 Å². The second kappa shape index (κ2) is 8.06. The van der Waals surface area contributed by atoms with Crippen molar-refractivity contribution in [3.05, 3.63) is 71.9 Å². The summed E-state index contributed by atoms with van der Waals surface area (Å²) in [6.45, 7) is 0.340. The Hall–Kier alpha value is -4.16. The molecule has 30 heavy (non-hydrogen) atoms. The third-order valence-corrected chi connectivity index (χ3v) is 4.33. The van der Waals surface area contributed by atoms with E-state index in [1.165, 1.54) is 16.8 Å². The highest BCUT2D eigenvalue weighted by atomic mass is 19.1. The summed E-state index contributed by atoms with van der Waals surface area (Å²) < 4.78 is 20.7. The summed E-state index contributed by atoms with van der Waals surface area (Å²) in [5.41, 5.74) is 8.48. The number of hydrogen-bond donors (Lipinski definition) is 1. The average Bonchev–Trinajstić information content (AvgIpc) is 3.14. The van der Waals surface area contributed by atoms with E-state index in [1.807, 2.05) is 0 Å². The van der Waals surface area contributed by atoms with Crippen LogP contribution in [0.25, 0.3) is 22.8 Å². The summed E-state index contributed by atoms with van der Waals surface area (Å²) in [5.74, 6) is 0.821. The maximum Gasteiger partial charge on any atom is 0.218 e. The number of ether oxygens (including phenoxy) is 1. The van der Waals surface area contributed by atoms with Crippen LogP contribution in [0.3, 0.4) is 0 Å². The van der Waals surface area contributed by atoms with Crippen LogP contribution < -0.4 is 10.5 Å². The number of halogens is 1. The van der Waals surface area contributed by atoms with E-state index in [0.717, 1.165) is 11.8 Å². The highest BCUT2D eigenvalue weighted by Gasteiger charge is 2.15. The van der Waals surface area contributed by atoms with Crippen LogP contribution in [0.4, 0.5) is 4.39 Å². The number of benzene rings is 1. The van der Waals surface area contributed by atoms with Crippen LogP contribution in [0.2, 0.25) is 0 Å². The lowest BCUT2D eigenvalue weighted by Gasteiger charge is -2.11. The molecule has 0 aliphatic carbocycles. The number of hydrogen-bond acceptors (Lipinski definition) is 7. The third-order valence-electron chi connectivity index (χ3n) is 4.33. The molecule has 0 aliphatic rings. The zero-order chi connectivity index (χ0) is 21.1. The lowest BCUT2D eigenvalue weighted by molar-refractivity contribution is 0.432. The van der Waals surface area contributed by atoms with Gasteiger partial charge in [0.05, 0.1) is 29.1 Å². The predicted molar refractivity (Wildman–Crippen MR) is 107 cm³/mol. The summed E-state index contributed by atoms with van der Waals surface area (Å²) >= 11 is 0. The Morgan fingerprint density at radius 2 is 1.87 bits per heavy atom. The number of aromatic nitrogens is 5. The zero-order valence-corrected chi connectivity index (χ0v) is 16.0. The first-order chi connectivity index (χ1) is 14.6. The second-order valence-electron chi connectivity index (χ2n) is 6.40. The molecule has 3 heterocycles. The van der Waals surface area contributed by atoms with Crippen molar-refractivity contribution >= 4 is 0 Å². The molecule has 9 heteroatoms. The molecular weight excluding hydrogens is 385 g/mol. The number of nitrogens with two attached hydrogens (primary N) is 1. The zero-order valence-electron chi connectivity index (χ0n) is 16.0. The van der Waals surface area contributed by atoms with Crippen LogP contribution >= 0.6 is 0 Å². The van der Waals surface area contributed by atoms with E-state index >= 15 is 0 Å². The molecule has 4 rings (SSSR count). The Kier molecular flexibility index (Phi) is 5.15. The van der Waals surface area contributed by atoms with E-state index in [2.05, 4.69) is 26.1 Å². The van der Waals surface area contributed by atoms with Gasteiger partial charge < -0.3 is 10.5 Å². The molecule has 3 aromatic heterocycles. The minimum absolute atomic E-state index is 0.340. The van der Waals surface area contributed by atoms with Crippen molar-refractivity contribution in [1.82, 2.24) is 24.7 Å². The van der Waals surface area contributed by atoms with E-state index in [-0.39, 0.29) is 0 Å². The average molecular weight is 401 g/mol. The number of pyridine rings is 1. The molecule has 0 saturated carbocycles. The molecule has 0 fully saturated rings. The van der Waals surface area contributed by atoms with Crippen LogP contribution in [0, 0.1) is 17.1 Å². The van der Waals surface area contributed by atoms with Gasteiger partial charge in [-0.1, -0.05) is 0 Å². The molecular formula is C21H16FN7O. The summed E-state index contributed by atoms with van der Waals surface area (Å²) in [6.07, 6.45) is 4.42. The Labute approximate surface area is 171 Å². The topological polar surface area (TPSA) is 116 Å². The van der Waals surface area contributed by atoms with Crippen LogP contribution in [0.5, 0.6) is 11.6 Å². The molecule has 0 unspecified atom stereocenters. The normalized spacial score (nSPS) is 10.6. The number of nitriles is 1. The number of aryl methyl sites for hydroxylation is 1. The standard InChI is InChI=1S/C21H16FN7O/c1-29-20(7-18(28-29)17-5-3-15(22)12-25-17)30-19-6-13(8-23)2-4-16(19)21-26-10-14(9-24)11-27-21/h2-7,10-12H,9,24H2,1H3. The Balaban J connectivity index is 1.72. The van der Waals surface area contributed by atoms with Gasteiger partial charge in [0, 0.05) is 37.6 Å². The highest BCUT2D eigenvalue weighted by Crippen LogP contribution is 2.33. The van der Waals surface area contributed by atoms with Crippen molar-refractivity contribution in [1.29, 1.82) is 5.26 Å². The molecule has 0 amide bonds.